The van der Waals surface area contributed by atoms with Crippen molar-refractivity contribution < 1.29 is 4.74 Å². The van der Waals surface area contributed by atoms with E-state index in [2.05, 4.69) is 61.6 Å². The number of fused-ring (bicyclic) bond motifs is 1. The third-order valence-corrected chi connectivity index (χ3v) is 4.03. The van der Waals surface area contributed by atoms with Crippen LogP contribution in [0, 0.1) is 6.92 Å². The molecular weight excluding hydrogens is 258 g/mol. The number of nitrogens with one attached hydrogen (secondary N) is 1. The van der Waals surface area contributed by atoms with Gasteiger partial charge in [-0.25, -0.2) is 0 Å². The van der Waals surface area contributed by atoms with Gasteiger partial charge in [0, 0.05) is 12.0 Å². The van der Waals surface area contributed by atoms with Gasteiger partial charge in [-0.1, -0.05) is 55.0 Å². The zero-order valence-electron chi connectivity index (χ0n) is 12.9. The number of hydrogen-bond donors (Lipinski definition) is 1. The Hall–Kier alpha value is -1.80. The number of hydrogen-bond acceptors (Lipinski definition) is 2. The molecule has 1 N–H and O–H groups in total. The Bertz CT molecular complexity index is 621. The van der Waals surface area contributed by atoms with Crippen LogP contribution in [0.15, 0.2) is 42.5 Å². The molecule has 2 nitrogen and oxygen atoms in total. The van der Waals surface area contributed by atoms with Gasteiger partial charge in [0.25, 0.3) is 0 Å². The molecule has 0 saturated carbocycles. The fraction of sp³-hybridized carbons (Fsp3) is 0.368. The van der Waals surface area contributed by atoms with E-state index in [4.69, 9.17) is 4.74 Å². The van der Waals surface area contributed by atoms with Crippen LogP contribution < -0.4 is 10.1 Å². The summed E-state index contributed by atoms with van der Waals surface area (Å²) in [4.78, 5) is 0. The van der Waals surface area contributed by atoms with Gasteiger partial charge in [-0.15, -0.1) is 0 Å². The molecule has 0 radical (unpaired) electrons. The summed E-state index contributed by atoms with van der Waals surface area (Å²) in [6, 6.07) is 15.5. The van der Waals surface area contributed by atoms with Crippen LogP contribution in [0.2, 0.25) is 0 Å². The zero-order valence-corrected chi connectivity index (χ0v) is 12.9. The van der Waals surface area contributed by atoms with Gasteiger partial charge in [0.15, 0.2) is 0 Å². The maximum Gasteiger partial charge on any atom is 0.127 e. The third-order valence-electron chi connectivity index (χ3n) is 4.03. The second-order valence-corrected chi connectivity index (χ2v) is 5.74. The van der Waals surface area contributed by atoms with Gasteiger partial charge in [0.2, 0.25) is 0 Å². The van der Waals surface area contributed by atoms with E-state index in [1.807, 2.05) is 0 Å². The van der Waals surface area contributed by atoms with Crippen LogP contribution in [0.3, 0.4) is 0 Å². The van der Waals surface area contributed by atoms with E-state index >= 15 is 0 Å². The molecule has 3 rings (SSSR count). The quantitative estimate of drug-likeness (QED) is 0.893. The van der Waals surface area contributed by atoms with Gasteiger partial charge in [-0.05, 0) is 31.0 Å². The average molecular weight is 281 g/mol. The molecule has 2 aromatic carbocycles. The molecule has 21 heavy (non-hydrogen) atoms. The molecular formula is C19H23NO. The molecule has 0 amide bonds. The maximum absolute atomic E-state index is 5.90. The minimum absolute atomic E-state index is 0.206. The Morgan fingerprint density at radius 2 is 2.05 bits per heavy atom. The number of ether oxygens (including phenoxy) is 1. The van der Waals surface area contributed by atoms with E-state index in [1.165, 1.54) is 22.3 Å². The van der Waals surface area contributed by atoms with Crippen LogP contribution >= 0.6 is 0 Å². The molecule has 0 aliphatic carbocycles. The SMILES string of the molecule is CCCNC(c1cccc(C)c1)c1cccc2c1OCC2. The minimum atomic E-state index is 0.206. The Morgan fingerprint density at radius 3 is 2.86 bits per heavy atom. The highest BCUT2D eigenvalue weighted by Crippen LogP contribution is 2.36. The smallest absolute Gasteiger partial charge is 0.127 e. The standard InChI is InChI=1S/C19H23NO/c1-3-11-20-18(16-8-4-6-14(2)13-16)17-9-5-7-15-10-12-21-19(15)17/h4-9,13,18,20H,3,10-12H2,1-2H3. The molecule has 2 aromatic rings. The highest BCUT2D eigenvalue weighted by atomic mass is 16.5. The van der Waals surface area contributed by atoms with E-state index in [0.29, 0.717) is 0 Å². The minimum Gasteiger partial charge on any atom is -0.493 e. The van der Waals surface area contributed by atoms with Gasteiger partial charge in [0.1, 0.15) is 5.75 Å². The van der Waals surface area contributed by atoms with Crippen LogP contribution in [0.25, 0.3) is 0 Å². The number of benzene rings is 2. The van der Waals surface area contributed by atoms with E-state index < -0.39 is 0 Å². The first-order chi connectivity index (χ1) is 10.3. The summed E-state index contributed by atoms with van der Waals surface area (Å²) in [7, 11) is 0. The van der Waals surface area contributed by atoms with E-state index in [1.54, 1.807) is 0 Å². The molecule has 0 aromatic heterocycles. The number of para-hydroxylation sites is 1. The van der Waals surface area contributed by atoms with Gasteiger partial charge in [0.05, 0.1) is 12.6 Å². The zero-order chi connectivity index (χ0) is 14.7. The van der Waals surface area contributed by atoms with Crippen molar-refractivity contribution in [2.75, 3.05) is 13.2 Å². The Balaban J connectivity index is 2.02. The Kier molecular flexibility index (Phi) is 4.26. The van der Waals surface area contributed by atoms with Gasteiger partial charge in [-0.2, -0.15) is 0 Å². The van der Waals surface area contributed by atoms with Crippen molar-refractivity contribution in [2.24, 2.45) is 0 Å². The fourth-order valence-corrected chi connectivity index (χ4v) is 3.01. The van der Waals surface area contributed by atoms with Crippen molar-refractivity contribution in [2.45, 2.75) is 32.7 Å². The molecule has 2 heteroatoms. The van der Waals surface area contributed by atoms with Crippen LogP contribution in [0.1, 0.15) is 41.6 Å². The first-order valence-corrected chi connectivity index (χ1v) is 7.84. The molecule has 1 unspecified atom stereocenters. The van der Waals surface area contributed by atoms with Crippen LogP contribution in [-0.2, 0) is 6.42 Å². The summed E-state index contributed by atoms with van der Waals surface area (Å²) in [6.45, 7) is 6.15. The van der Waals surface area contributed by atoms with Crippen LogP contribution in [0.4, 0.5) is 0 Å². The van der Waals surface area contributed by atoms with Crippen molar-refractivity contribution in [1.29, 1.82) is 0 Å². The fourth-order valence-electron chi connectivity index (χ4n) is 3.01. The normalized spacial score (nSPS) is 14.6. The summed E-state index contributed by atoms with van der Waals surface area (Å²) in [5.41, 5.74) is 5.21. The number of aryl methyl sites for hydroxylation is 1. The highest BCUT2D eigenvalue weighted by Gasteiger charge is 2.22. The second-order valence-electron chi connectivity index (χ2n) is 5.74. The van der Waals surface area contributed by atoms with E-state index in [-0.39, 0.29) is 6.04 Å². The summed E-state index contributed by atoms with van der Waals surface area (Å²) < 4.78 is 5.90. The van der Waals surface area contributed by atoms with Gasteiger partial charge in [-0.3, -0.25) is 0 Å². The molecule has 1 aliphatic heterocycles. The van der Waals surface area contributed by atoms with Crippen molar-refractivity contribution >= 4 is 0 Å². The third kappa shape index (κ3) is 2.96. The van der Waals surface area contributed by atoms with Crippen molar-refractivity contribution in [3.05, 3.63) is 64.7 Å². The van der Waals surface area contributed by atoms with Gasteiger partial charge >= 0.3 is 0 Å². The van der Waals surface area contributed by atoms with E-state index in [0.717, 1.165) is 31.7 Å². The van der Waals surface area contributed by atoms with Crippen LogP contribution in [-0.4, -0.2) is 13.2 Å². The maximum atomic E-state index is 5.90. The summed E-state index contributed by atoms with van der Waals surface area (Å²) in [5, 5.41) is 3.68. The van der Waals surface area contributed by atoms with Crippen molar-refractivity contribution in [3.63, 3.8) is 0 Å². The number of rotatable bonds is 5. The Morgan fingerprint density at radius 1 is 1.19 bits per heavy atom. The summed E-state index contributed by atoms with van der Waals surface area (Å²) in [5.74, 6) is 1.09. The molecule has 0 fully saturated rings. The second kappa shape index (κ2) is 6.31. The average Bonchev–Trinajstić information content (AvgIpc) is 2.97. The lowest BCUT2D eigenvalue weighted by Crippen LogP contribution is -2.23. The molecule has 1 heterocycles. The molecule has 1 aliphatic rings. The molecule has 0 saturated heterocycles. The lowest BCUT2D eigenvalue weighted by Gasteiger charge is -2.22. The monoisotopic (exact) mass is 281 g/mol. The highest BCUT2D eigenvalue weighted by molar-refractivity contribution is 5.49. The summed E-state index contributed by atoms with van der Waals surface area (Å²) >= 11 is 0. The first-order valence-electron chi connectivity index (χ1n) is 7.84. The summed E-state index contributed by atoms with van der Waals surface area (Å²) in [6.07, 6.45) is 2.15. The van der Waals surface area contributed by atoms with Crippen molar-refractivity contribution in [1.82, 2.24) is 5.32 Å². The largest absolute Gasteiger partial charge is 0.493 e. The topological polar surface area (TPSA) is 21.3 Å². The molecule has 0 bridgehead atoms. The molecule has 0 spiro atoms. The van der Waals surface area contributed by atoms with Gasteiger partial charge < -0.3 is 10.1 Å². The first kappa shape index (κ1) is 14.2. The Labute approximate surface area is 127 Å². The predicted molar refractivity (Wildman–Crippen MR) is 87.0 cm³/mol. The molecule has 110 valence electrons. The lowest BCUT2D eigenvalue weighted by atomic mass is 9.94. The lowest BCUT2D eigenvalue weighted by molar-refractivity contribution is 0.350. The van der Waals surface area contributed by atoms with E-state index in [9.17, 15) is 0 Å². The predicted octanol–water partition coefficient (Wildman–Crippen LogP) is 4.02. The molecule has 1 atom stereocenters. The van der Waals surface area contributed by atoms with Crippen LogP contribution in [0.5, 0.6) is 5.75 Å². The van der Waals surface area contributed by atoms with Crippen molar-refractivity contribution in [3.8, 4) is 5.75 Å².